The molecular weight excluding hydrogens is 356 g/mol. The van der Waals surface area contributed by atoms with Gasteiger partial charge in [0.2, 0.25) is 0 Å². The molecule has 0 amide bonds. The number of aromatic nitrogens is 3. The van der Waals surface area contributed by atoms with Gasteiger partial charge in [-0.1, -0.05) is 62.4 Å². The van der Waals surface area contributed by atoms with Crippen molar-refractivity contribution in [2.75, 3.05) is 18.0 Å². The van der Waals surface area contributed by atoms with Crippen LogP contribution in [0.3, 0.4) is 0 Å². The van der Waals surface area contributed by atoms with E-state index < -0.39 is 0 Å². The molecule has 2 aromatic carbocycles. The van der Waals surface area contributed by atoms with Crippen LogP contribution in [0.15, 0.2) is 73.2 Å². The number of hydrogen-bond donors (Lipinski definition) is 0. The maximum Gasteiger partial charge on any atom is 0.150 e. The van der Waals surface area contributed by atoms with Crippen LogP contribution >= 0.6 is 0 Å². The van der Waals surface area contributed by atoms with Crippen LogP contribution in [0.4, 0.5) is 5.82 Å². The second-order valence-corrected chi connectivity index (χ2v) is 8.36. The van der Waals surface area contributed by atoms with Crippen molar-refractivity contribution in [3.63, 3.8) is 0 Å². The minimum atomic E-state index is 0.667. The van der Waals surface area contributed by atoms with Crippen LogP contribution < -0.4 is 4.90 Å². The van der Waals surface area contributed by atoms with Crippen molar-refractivity contribution < 1.29 is 0 Å². The number of hydrogen-bond acceptors (Lipinski definition) is 3. The zero-order chi connectivity index (χ0) is 19.8. The lowest BCUT2D eigenvalue weighted by Gasteiger charge is -2.36. The summed E-state index contributed by atoms with van der Waals surface area (Å²) in [6.45, 7) is 6.77. The van der Waals surface area contributed by atoms with Crippen molar-refractivity contribution >= 4 is 16.9 Å². The Morgan fingerprint density at radius 2 is 1.48 bits per heavy atom. The van der Waals surface area contributed by atoms with Gasteiger partial charge in [0.25, 0.3) is 0 Å². The number of benzene rings is 2. The van der Waals surface area contributed by atoms with Crippen molar-refractivity contribution in [1.29, 1.82) is 0 Å². The number of piperidine rings is 1. The first-order valence-corrected chi connectivity index (χ1v) is 10.4. The molecule has 1 fully saturated rings. The van der Waals surface area contributed by atoms with E-state index in [9.17, 15) is 0 Å². The highest BCUT2D eigenvalue weighted by molar-refractivity contribution is 6.02. The van der Waals surface area contributed by atoms with E-state index in [1.165, 1.54) is 17.5 Å². The van der Waals surface area contributed by atoms with Crippen molar-refractivity contribution in [2.45, 2.75) is 20.3 Å². The van der Waals surface area contributed by atoms with Crippen LogP contribution in [0.25, 0.3) is 27.8 Å². The summed E-state index contributed by atoms with van der Waals surface area (Å²) in [6.07, 6.45) is 5.21. The first-order chi connectivity index (χ1) is 14.2. The second-order valence-electron chi connectivity index (χ2n) is 8.36. The van der Waals surface area contributed by atoms with Gasteiger partial charge in [-0.05, 0) is 36.0 Å². The Kier molecular flexibility index (Phi) is 4.55. The van der Waals surface area contributed by atoms with E-state index >= 15 is 0 Å². The molecule has 2 aromatic heterocycles. The van der Waals surface area contributed by atoms with E-state index in [1.54, 1.807) is 6.33 Å². The van der Waals surface area contributed by atoms with Gasteiger partial charge in [0.1, 0.15) is 12.1 Å². The van der Waals surface area contributed by atoms with E-state index in [0.29, 0.717) is 11.8 Å². The Labute approximate surface area is 171 Å². The average Bonchev–Trinajstić information content (AvgIpc) is 3.14. The monoisotopic (exact) mass is 382 g/mol. The van der Waals surface area contributed by atoms with E-state index in [4.69, 9.17) is 9.97 Å². The van der Waals surface area contributed by atoms with Gasteiger partial charge in [0, 0.05) is 30.5 Å². The second kappa shape index (κ2) is 7.36. The van der Waals surface area contributed by atoms with Crippen LogP contribution in [0, 0.1) is 11.8 Å². The van der Waals surface area contributed by atoms with Gasteiger partial charge in [-0.3, -0.25) is 0 Å². The Balaban J connectivity index is 1.76. The molecule has 1 aliphatic heterocycles. The highest BCUT2D eigenvalue weighted by Crippen LogP contribution is 2.38. The van der Waals surface area contributed by atoms with E-state index in [2.05, 4.69) is 84.1 Å². The highest BCUT2D eigenvalue weighted by atomic mass is 15.2. The summed E-state index contributed by atoms with van der Waals surface area (Å²) in [4.78, 5) is 12.0. The van der Waals surface area contributed by atoms with Gasteiger partial charge in [-0.15, -0.1) is 0 Å². The molecule has 0 N–H and O–H groups in total. The summed E-state index contributed by atoms with van der Waals surface area (Å²) in [7, 11) is 0. The maximum atomic E-state index is 4.79. The van der Waals surface area contributed by atoms with E-state index in [0.717, 1.165) is 35.6 Å². The molecular formula is C25H26N4. The molecule has 5 rings (SSSR count). The summed E-state index contributed by atoms with van der Waals surface area (Å²) in [5.41, 5.74) is 4.46. The smallest absolute Gasteiger partial charge is 0.150 e. The van der Waals surface area contributed by atoms with E-state index in [1.807, 2.05) is 6.07 Å². The number of rotatable bonds is 3. The highest BCUT2D eigenvalue weighted by Gasteiger charge is 2.26. The van der Waals surface area contributed by atoms with Gasteiger partial charge in [-0.2, -0.15) is 0 Å². The van der Waals surface area contributed by atoms with Crippen LogP contribution in [0.5, 0.6) is 0 Å². The summed E-state index contributed by atoms with van der Waals surface area (Å²) < 4.78 is 2.19. The first kappa shape index (κ1) is 17.9. The Bertz CT molecular complexity index is 1110. The third kappa shape index (κ3) is 3.29. The Morgan fingerprint density at radius 1 is 0.828 bits per heavy atom. The maximum absolute atomic E-state index is 4.79. The summed E-state index contributed by atoms with van der Waals surface area (Å²) in [6, 6.07) is 21.0. The van der Waals surface area contributed by atoms with Gasteiger partial charge in [-0.25, -0.2) is 9.97 Å². The predicted molar refractivity (Wildman–Crippen MR) is 119 cm³/mol. The quantitative estimate of drug-likeness (QED) is 0.464. The molecule has 0 radical (unpaired) electrons. The van der Waals surface area contributed by atoms with Gasteiger partial charge < -0.3 is 9.47 Å². The van der Waals surface area contributed by atoms with Gasteiger partial charge in [0.05, 0.1) is 5.39 Å². The number of fused-ring (bicyclic) bond motifs is 1. The summed E-state index contributed by atoms with van der Waals surface area (Å²) in [5, 5.41) is 1.14. The van der Waals surface area contributed by atoms with Gasteiger partial charge in [0.15, 0.2) is 5.65 Å². The normalized spacial score (nSPS) is 19.6. The average molecular weight is 383 g/mol. The molecule has 4 aromatic rings. The van der Waals surface area contributed by atoms with E-state index in [-0.39, 0.29) is 0 Å². The fourth-order valence-electron chi connectivity index (χ4n) is 4.74. The fourth-order valence-corrected chi connectivity index (χ4v) is 4.74. The third-order valence-corrected chi connectivity index (χ3v) is 5.85. The van der Waals surface area contributed by atoms with Crippen LogP contribution in [-0.2, 0) is 0 Å². The van der Waals surface area contributed by atoms with Crippen LogP contribution in [0.1, 0.15) is 20.3 Å². The topological polar surface area (TPSA) is 34.0 Å². The molecule has 4 nitrogen and oxygen atoms in total. The molecule has 29 heavy (non-hydrogen) atoms. The molecule has 0 bridgehead atoms. The molecule has 1 aliphatic rings. The largest absolute Gasteiger partial charge is 0.355 e. The minimum Gasteiger partial charge on any atom is -0.355 e. The molecule has 0 spiro atoms. The third-order valence-electron chi connectivity index (χ3n) is 5.85. The molecule has 1 saturated heterocycles. The molecule has 4 heteroatoms. The molecule has 3 heterocycles. The zero-order valence-corrected chi connectivity index (χ0v) is 17.0. The fraction of sp³-hybridized carbons (Fsp3) is 0.280. The lowest BCUT2D eigenvalue weighted by Crippen LogP contribution is -2.39. The van der Waals surface area contributed by atoms with Crippen molar-refractivity contribution in [3.8, 4) is 16.8 Å². The molecule has 0 unspecified atom stereocenters. The van der Waals surface area contributed by atoms with Crippen molar-refractivity contribution in [1.82, 2.24) is 14.5 Å². The molecule has 2 atom stereocenters. The lowest BCUT2D eigenvalue weighted by atomic mass is 9.91. The zero-order valence-electron chi connectivity index (χ0n) is 17.0. The molecule has 0 saturated carbocycles. The number of para-hydroxylation sites is 1. The number of anilines is 1. The summed E-state index contributed by atoms with van der Waals surface area (Å²) >= 11 is 0. The van der Waals surface area contributed by atoms with Crippen molar-refractivity contribution in [3.05, 3.63) is 73.2 Å². The lowest BCUT2D eigenvalue weighted by molar-refractivity contribution is 0.356. The van der Waals surface area contributed by atoms with Crippen LogP contribution in [-0.4, -0.2) is 27.6 Å². The standard InChI is InChI=1S/C25H26N4/c1-18-13-19(2)15-28(14-18)24-23-22(20-9-5-3-6-10-20)16-29(25(23)27-17-26-24)21-11-7-4-8-12-21/h3-12,16-19H,13-15H2,1-2H3/t18-,19-/m0/s1. The number of nitrogens with zero attached hydrogens (tertiary/aromatic N) is 4. The SMILES string of the molecule is C[C@H]1C[C@H](C)CN(c2ncnc3c2c(-c2ccccc2)cn3-c2ccccc2)C1. The molecule has 0 aliphatic carbocycles. The molecule has 146 valence electrons. The first-order valence-electron chi connectivity index (χ1n) is 10.4. The summed E-state index contributed by atoms with van der Waals surface area (Å²) in [5.74, 6) is 2.39. The minimum absolute atomic E-state index is 0.667. The van der Waals surface area contributed by atoms with Crippen molar-refractivity contribution in [2.24, 2.45) is 11.8 Å². The van der Waals surface area contributed by atoms with Gasteiger partial charge >= 0.3 is 0 Å². The predicted octanol–water partition coefficient (Wildman–Crippen LogP) is 5.57. The Morgan fingerprint density at radius 3 is 2.17 bits per heavy atom. The van der Waals surface area contributed by atoms with Crippen LogP contribution in [0.2, 0.25) is 0 Å². The Hall–Kier alpha value is -3.14.